The number of ether oxygens (including phenoxy) is 1. The lowest BCUT2D eigenvalue weighted by molar-refractivity contribution is -0.119. The van der Waals surface area contributed by atoms with Crippen molar-refractivity contribution in [3.8, 4) is 0 Å². The minimum Gasteiger partial charge on any atom is -0.367 e. The van der Waals surface area contributed by atoms with Crippen LogP contribution >= 0.6 is 0 Å². The van der Waals surface area contributed by atoms with Crippen molar-refractivity contribution in [3.05, 3.63) is 35.6 Å². The van der Waals surface area contributed by atoms with Gasteiger partial charge in [-0.05, 0) is 38.5 Å². The van der Waals surface area contributed by atoms with Crippen LogP contribution in [0.3, 0.4) is 0 Å². The molecule has 0 radical (unpaired) electrons. The molecule has 2 unspecified atom stereocenters. The molecule has 1 fully saturated rings. The molecular weight excluding hydrogens is 323 g/mol. The van der Waals surface area contributed by atoms with Gasteiger partial charge in [-0.15, -0.1) is 0 Å². The molecular formula is C18H27FN4O2. The SMILES string of the molecule is CCNC(=O)CN=C(NCC)N1CC(C)OC(c2ccc(F)cc2)C1. The summed E-state index contributed by atoms with van der Waals surface area (Å²) in [4.78, 5) is 18.2. The number of benzene rings is 1. The largest absolute Gasteiger partial charge is 0.367 e. The highest BCUT2D eigenvalue weighted by atomic mass is 19.1. The van der Waals surface area contributed by atoms with Gasteiger partial charge in [-0.25, -0.2) is 9.38 Å². The van der Waals surface area contributed by atoms with Gasteiger partial charge in [-0.3, -0.25) is 4.79 Å². The lowest BCUT2D eigenvalue weighted by Crippen LogP contribution is -2.51. The van der Waals surface area contributed by atoms with Gasteiger partial charge in [0.1, 0.15) is 18.5 Å². The van der Waals surface area contributed by atoms with E-state index in [0.717, 1.165) is 5.56 Å². The van der Waals surface area contributed by atoms with Gasteiger partial charge in [-0.1, -0.05) is 12.1 Å². The molecule has 1 aromatic rings. The second-order valence-corrected chi connectivity index (χ2v) is 6.02. The number of likely N-dealkylation sites (N-methyl/N-ethyl adjacent to an activating group) is 1. The van der Waals surface area contributed by atoms with Gasteiger partial charge in [0.25, 0.3) is 0 Å². The summed E-state index contributed by atoms with van der Waals surface area (Å²) in [6, 6.07) is 6.37. The van der Waals surface area contributed by atoms with Crippen molar-refractivity contribution in [2.75, 3.05) is 32.7 Å². The molecule has 0 aromatic heterocycles. The molecule has 6 nitrogen and oxygen atoms in total. The zero-order valence-electron chi connectivity index (χ0n) is 15.1. The fourth-order valence-corrected chi connectivity index (χ4v) is 2.81. The first-order chi connectivity index (χ1) is 12.0. The molecule has 138 valence electrons. The average Bonchev–Trinajstić information content (AvgIpc) is 2.59. The third-order valence-corrected chi connectivity index (χ3v) is 3.88. The van der Waals surface area contributed by atoms with Crippen molar-refractivity contribution in [2.24, 2.45) is 4.99 Å². The summed E-state index contributed by atoms with van der Waals surface area (Å²) < 4.78 is 19.2. The maximum atomic E-state index is 13.2. The Kier molecular flexibility index (Phi) is 7.18. The molecule has 7 heteroatoms. The summed E-state index contributed by atoms with van der Waals surface area (Å²) in [5, 5.41) is 5.97. The van der Waals surface area contributed by atoms with Crippen LogP contribution in [0, 0.1) is 5.82 Å². The number of hydrogen-bond donors (Lipinski definition) is 2. The van der Waals surface area contributed by atoms with E-state index in [4.69, 9.17) is 4.74 Å². The Morgan fingerprint density at radius 1 is 1.24 bits per heavy atom. The van der Waals surface area contributed by atoms with E-state index in [0.29, 0.717) is 32.1 Å². The number of nitrogens with one attached hydrogen (secondary N) is 2. The van der Waals surface area contributed by atoms with Crippen molar-refractivity contribution in [2.45, 2.75) is 33.0 Å². The molecule has 0 saturated carbocycles. The lowest BCUT2D eigenvalue weighted by Gasteiger charge is -2.38. The Balaban J connectivity index is 2.12. The lowest BCUT2D eigenvalue weighted by atomic mass is 10.1. The normalized spacial score (nSPS) is 21.1. The minimum absolute atomic E-state index is 0.00266. The molecule has 2 rings (SSSR count). The summed E-state index contributed by atoms with van der Waals surface area (Å²) >= 11 is 0. The highest BCUT2D eigenvalue weighted by Crippen LogP contribution is 2.25. The molecule has 1 aliphatic heterocycles. The molecule has 0 spiro atoms. The van der Waals surface area contributed by atoms with Crippen LogP contribution in [0.1, 0.15) is 32.4 Å². The Hall–Kier alpha value is -2.15. The van der Waals surface area contributed by atoms with E-state index in [2.05, 4.69) is 20.5 Å². The van der Waals surface area contributed by atoms with E-state index in [-0.39, 0.29) is 30.5 Å². The van der Waals surface area contributed by atoms with Gasteiger partial charge in [-0.2, -0.15) is 0 Å². The molecule has 1 heterocycles. The molecule has 1 aliphatic rings. The van der Waals surface area contributed by atoms with Crippen LogP contribution in [0.25, 0.3) is 0 Å². The van der Waals surface area contributed by atoms with E-state index in [9.17, 15) is 9.18 Å². The molecule has 0 aliphatic carbocycles. The Morgan fingerprint density at radius 2 is 1.92 bits per heavy atom. The maximum Gasteiger partial charge on any atom is 0.241 e. The van der Waals surface area contributed by atoms with E-state index >= 15 is 0 Å². The van der Waals surface area contributed by atoms with Gasteiger partial charge in [0.05, 0.1) is 12.6 Å². The van der Waals surface area contributed by atoms with E-state index in [1.807, 2.05) is 20.8 Å². The quantitative estimate of drug-likeness (QED) is 0.626. The zero-order valence-corrected chi connectivity index (χ0v) is 15.1. The fraction of sp³-hybridized carbons (Fsp3) is 0.556. The van der Waals surface area contributed by atoms with Gasteiger partial charge in [0.2, 0.25) is 5.91 Å². The Labute approximate surface area is 148 Å². The first-order valence-corrected chi connectivity index (χ1v) is 8.74. The predicted molar refractivity (Wildman–Crippen MR) is 95.9 cm³/mol. The number of hydrogen-bond acceptors (Lipinski definition) is 3. The molecule has 0 bridgehead atoms. The van der Waals surface area contributed by atoms with Crippen LogP contribution in [-0.2, 0) is 9.53 Å². The third-order valence-electron chi connectivity index (χ3n) is 3.88. The summed E-state index contributed by atoms with van der Waals surface area (Å²) in [6.45, 7) is 8.52. The van der Waals surface area contributed by atoms with Gasteiger partial charge in [0, 0.05) is 19.6 Å². The van der Waals surface area contributed by atoms with Gasteiger partial charge in [0.15, 0.2) is 5.96 Å². The first-order valence-electron chi connectivity index (χ1n) is 8.74. The van der Waals surface area contributed by atoms with Crippen LogP contribution in [0.5, 0.6) is 0 Å². The number of nitrogens with zero attached hydrogens (tertiary/aromatic N) is 2. The van der Waals surface area contributed by atoms with Crippen LogP contribution in [0.2, 0.25) is 0 Å². The monoisotopic (exact) mass is 350 g/mol. The van der Waals surface area contributed by atoms with Gasteiger partial charge >= 0.3 is 0 Å². The third kappa shape index (κ3) is 5.70. The van der Waals surface area contributed by atoms with Crippen molar-refractivity contribution in [1.82, 2.24) is 15.5 Å². The fourth-order valence-electron chi connectivity index (χ4n) is 2.81. The maximum absolute atomic E-state index is 13.2. The molecule has 1 amide bonds. The van der Waals surface area contributed by atoms with E-state index in [1.165, 1.54) is 12.1 Å². The summed E-state index contributed by atoms with van der Waals surface area (Å²) in [5.41, 5.74) is 0.928. The highest BCUT2D eigenvalue weighted by Gasteiger charge is 2.28. The molecule has 2 N–H and O–H groups in total. The smallest absolute Gasteiger partial charge is 0.241 e. The number of morpholine rings is 1. The zero-order chi connectivity index (χ0) is 18.2. The van der Waals surface area contributed by atoms with Crippen molar-refractivity contribution < 1.29 is 13.9 Å². The standard InChI is InChI=1S/C18H27FN4O2/c1-4-20-17(24)10-22-18(21-5-2)23-11-13(3)25-16(12-23)14-6-8-15(19)9-7-14/h6-9,13,16H,4-5,10-12H2,1-3H3,(H,20,24)(H,21,22). The average molecular weight is 350 g/mol. The summed E-state index contributed by atoms with van der Waals surface area (Å²) in [6.07, 6.45) is -0.171. The van der Waals surface area contributed by atoms with Crippen LogP contribution in [0.4, 0.5) is 4.39 Å². The minimum atomic E-state index is -0.263. The highest BCUT2D eigenvalue weighted by molar-refractivity contribution is 5.85. The van der Waals surface area contributed by atoms with Crippen molar-refractivity contribution in [1.29, 1.82) is 0 Å². The molecule has 25 heavy (non-hydrogen) atoms. The number of amides is 1. The second kappa shape index (κ2) is 9.36. The van der Waals surface area contributed by atoms with Crippen molar-refractivity contribution in [3.63, 3.8) is 0 Å². The van der Waals surface area contributed by atoms with E-state index < -0.39 is 0 Å². The number of rotatable bonds is 5. The van der Waals surface area contributed by atoms with Crippen LogP contribution in [-0.4, -0.2) is 55.6 Å². The number of halogens is 1. The number of guanidine groups is 1. The van der Waals surface area contributed by atoms with Crippen LogP contribution in [0.15, 0.2) is 29.3 Å². The first kappa shape index (κ1) is 19.2. The molecule has 1 saturated heterocycles. The molecule has 2 atom stereocenters. The number of aliphatic imine (C=N–C) groups is 1. The Bertz CT molecular complexity index is 591. The molecule has 1 aromatic carbocycles. The Morgan fingerprint density at radius 3 is 2.56 bits per heavy atom. The number of carbonyl (C=O) groups is 1. The number of carbonyl (C=O) groups excluding carboxylic acids is 1. The van der Waals surface area contributed by atoms with Crippen molar-refractivity contribution >= 4 is 11.9 Å². The second-order valence-electron chi connectivity index (χ2n) is 6.02. The summed E-state index contributed by atoms with van der Waals surface area (Å²) in [7, 11) is 0. The topological polar surface area (TPSA) is 66.0 Å². The van der Waals surface area contributed by atoms with E-state index in [1.54, 1.807) is 12.1 Å². The predicted octanol–water partition coefficient (Wildman–Crippen LogP) is 1.69. The van der Waals surface area contributed by atoms with Crippen LogP contribution < -0.4 is 10.6 Å². The van der Waals surface area contributed by atoms with Gasteiger partial charge < -0.3 is 20.3 Å². The summed E-state index contributed by atoms with van der Waals surface area (Å²) in [5.74, 6) is 0.326.